The van der Waals surface area contributed by atoms with Crippen LogP contribution < -0.4 is 5.32 Å². The Morgan fingerprint density at radius 2 is 1.88 bits per heavy atom. The van der Waals surface area contributed by atoms with E-state index in [-0.39, 0.29) is 0 Å². The molecule has 0 saturated carbocycles. The van der Waals surface area contributed by atoms with Crippen molar-refractivity contribution < 1.29 is 0 Å². The lowest BCUT2D eigenvalue weighted by atomic mass is 10.2. The summed E-state index contributed by atoms with van der Waals surface area (Å²) in [6.07, 6.45) is 4.00. The van der Waals surface area contributed by atoms with Crippen molar-refractivity contribution in [1.82, 2.24) is 9.88 Å². The van der Waals surface area contributed by atoms with Gasteiger partial charge in [0.15, 0.2) is 0 Å². The number of hydrogen-bond acceptors (Lipinski definition) is 1. The lowest BCUT2D eigenvalue weighted by Gasteiger charge is -2.08. The monoisotopic (exact) mass is 226 g/mol. The fourth-order valence-electron chi connectivity index (χ4n) is 1.86. The molecule has 0 spiro atoms. The highest BCUT2D eigenvalue weighted by Crippen LogP contribution is 2.03. The number of aromatic nitrogens is 1. The number of benzene rings is 1. The Labute approximate surface area is 103 Å². The SMILES string of the molecule is C=CCn1cccc1CNCc1ccccc1. The highest BCUT2D eigenvalue weighted by atomic mass is 15.0. The Morgan fingerprint density at radius 3 is 2.65 bits per heavy atom. The summed E-state index contributed by atoms with van der Waals surface area (Å²) < 4.78 is 2.20. The Bertz CT molecular complexity index is 457. The highest BCUT2D eigenvalue weighted by molar-refractivity contribution is 5.14. The van der Waals surface area contributed by atoms with Crippen molar-refractivity contribution in [3.8, 4) is 0 Å². The van der Waals surface area contributed by atoms with Crippen LogP contribution in [0.15, 0.2) is 61.3 Å². The molecular weight excluding hydrogens is 208 g/mol. The van der Waals surface area contributed by atoms with Crippen LogP contribution in [0.3, 0.4) is 0 Å². The highest BCUT2D eigenvalue weighted by Gasteiger charge is 1.98. The van der Waals surface area contributed by atoms with Gasteiger partial charge in [0.2, 0.25) is 0 Å². The van der Waals surface area contributed by atoms with Crippen LogP contribution in [0.2, 0.25) is 0 Å². The Balaban J connectivity index is 1.86. The smallest absolute Gasteiger partial charge is 0.0400 e. The molecule has 1 heterocycles. The fourth-order valence-corrected chi connectivity index (χ4v) is 1.86. The zero-order valence-corrected chi connectivity index (χ0v) is 9.97. The predicted molar refractivity (Wildman–Crippen MR) is 71.6 cm³/mol. The van der Waals surface area contributed by atoms with Crippen molar-refractivity contribution in [2.75, 3.05) is 0 Å². The molecule has 0 aliphatic rings. The van der Waals surface area contributed by atoms with E-state index in [1.54, 1.807) is 0 Å². The van der Waals surface area contributed by atoms with Gasteiger partial charge in [0.25, 0.3) is 0 Å². The van der Waals surface area contributed by atoms with Crippen molar-refractivity contribution in [3.63, 3.8) is 0 Å². The molecule has 1 N–H and O–H groups in total. The molecule has 88 valence electrons. The molecule has 0 bridgehead atoms. The summed E-state index contributed by atoms with van der Waals surface area (Å²) >= 11 is 0. The van der Waals surface area contributed by atoms with Crippen LogP contribution in [0.25, 0.3) is 0 Å². The first-order chi connectivity index (χ1) is 8.40. The number of hydrogen-bond donors (Lipinski definition) is 1. The Morgan fingerprint density at radius 1 is 1.06 bits per heavy atom. The fraction of sp³-hybridized carbons (Fsp3) is 0.200. The summed E-state index contributed by atoms with van der Waals surface area (Å²) in [6, 6.07) is 14.7. The molecule has 17 heavy (non-hydrogen) atoms. The van der Waals surface area contributed by atoms with Crippen molar-refractivity contribution in [1.29, 1.82) is 0 Å². The second kappa shape index (κ2) is 6.06. The minimum Gasteiger partial charge on any atom is -0.346 e. The standard InChI is InChI=1S/C15H18N2/c1-2-10-17-11-6-9-15(17)13-16-12-14-7-4-3-5-8-14/h2-9,11,16H,1,10,12-13H2. The predicted octanol–water partition coefficient (Wildman–Crippen LogP) is 2.96. The van der Waals surface area contributed by atoms with Gasteiger partial charge in [-0.05, 0) is 17.7 Å². The van der Waals surface area contributed by atoms with E-state index in [0.717, 1.165) is 19.6 Å². The van der Waals surface area contributed by atoms with Gasteiger partial charge in [-0.2, -0.15) is 0 Å². The number of nitrogens with zero attached hydrogens (tertiary/aromatic N) is 1. The third kappa shape index (κ3) is 3.33. The van der Waals surface area contributed by atoms with Crippen molar-refractivity contribution in [2.24, 2.45) is 0 Å². The summed E-state index contributed by atoms with van der Waals surface area (Å²) in [5.41, 5.74) is 2.61. The van der Waals surface area contributed by atoms with Crippen molar-refractivity contribution >= 4 is 0 Å². The van der Waals surface area contributed by atoms with Gasteiger partial charge in [-0.25, -0.2) is 0 Å². The third-order valence-electron chi connectivity index (χ3n) is 2.73. The summed E-state index contributed by atoms with van der Waals surface area (Å²) in [7, 11) is 0. The second-order valence-corrected chi connectivity index (χ2v) is 4.03. The molecular formula is C15H18N2. The van der Waals surface area contributed by atoms with Crippen LogP contribution in [-0.4, -0.2) is 4.57 Å². The van der Waals surface area contributed by atoms with E-state index in [9.17, 15) is 0 Å². The first-order valence-corrected chi connectivity index (χ1v) is 5.89. The van der Waals surface area contributed by atoms with Crippen LogP contribution in [0.4, 0.5) is 0 Å². The average Bonchev–Trinajstić information content (AvgIpc) is 2.79. The molecule has 0 atom stereocenters. The summed E-state index contributed by atoms with van der Waals surface area (Å²) in [6.45, 7) is 6.42. The van der Waals surface area contributed by atoms with Gasteiger partial charge in [-0.15, -0.1) is 6.58 Å². The van der Waals surface area contributed by atoms with Crippen LogP contribution in [0.5, 0.6) is 0 Å². The zero-order valence-electron chi connectivity index (χ0n) is 9.97. The van der Waals surface area contributed by atoms with Crippen LogP contribution in [-0.2, 0) is 19.6 Å². The molecule has 0 amide bonds. The molecule has 0 saturated heterocycles. The first-order valence-electron chi connectivity index (χ1n) is 5.89. The van der Waals surface area contributed by atoms with E-state index in [0.29, 0.717) is 0 Å². The van der Waals surface area contributed by atoms with Gasteiger partial charge in [0.1, 0.15) is 0 Å². The van der Waals surface area contributed by atoms with Crippen LogP contribution in [0.1, 0.15) is 11.3 Å². The lowest BCUT2D eigenvalue weighted by molar-refractivity contribution is 0.642. The third-order valence-corrected chi connectivity index (χ3v) is 2.73. The number of rotatable bonds is 6. The largest absolute Gasteiger partial charge is 0.346 e. The maximum Gasteiger partial charge on any atom is 0.0400 e. The van der Waals surface area contributed by atoms with E-state index in [1.807, 2.05) is 12.1 Å². The molecule has 1 aromatic heterocycles. The van der Waals surface area contributed by atoms with Gasteiger partial charge in [-0.3, -0.25) is 0 Å². The van der Waals surface area contributed by atoms with Crippen LogP contribution >= 0.6 is 0 Å². The maximum absolute atomic E-state index is 3.76. The zero-order chi connectivity index (χ0) is 11.9. The van der Waals surface area contributed by atoms with Crippen LogP contribution in [0, 0.1) is 0 Å². The summed E-state index contributed by atoms with van der Waals surface area (Å²) in [4.78, 5) is 0. The minimum atomic E-state index is 0.870. The van der Waals surface area contributed by atoms with E-state index in [1.165, 1.54) is 11.3 Å². The maximum atomic E-state index is 3.76. The molecule has 0 aliphatic carbocycles. The number of allylic oxidation sites excluding steroid dienone is 1. The molecule has 0 fully saturated rings. The second-order valence-electron chi connectivity index (χ2n) is 4.03. The van der Waals surface area contributed by atoms with Crippen molar-refractivity contribution in [3.05, 3.63) is 72.6 Å². The quantitative estimate of drug-likeness (QED) is 0.749. The average molecular weight is 226 g/mol. The van der Waals surface area contributed by atoms with E-state index >= 15 is 0 Å². The van der Waals surface area contributed by atoms with Gasteiger partial charge in [0, 0.05) is 31.5 Å². The van der Waals surface area contributed by atoms with Gasteiger partial charge >= 0.3 is 0 Å². The molecule has 1 aromatic carbocycles. The van der Waals surface area contributed by atoms with E-state index < -0.39 is 0 Å². The topological polar surface area (TPSA) is 17.0 Å². The first kappa shape index (κ1) is 11.7. The lowest BCUT2D eigenvalue weighted by Crippen LogP contribution is -2.15. The van der Waals surface area contributed by atoms with E-state index in [2.05, 4.69) is 59.1 Å². The van der Waals surface area contributed by atoms with Gasteiger partial charge in [-0.1, -0.05) is 36.4 Å². The summed E-state index contributed by atoms with van der Waals surface area (Å²) in [5.74, 6) is 0. The molecule has 0 radical (unpaired) electrons. The minimum absolute atomic E-state index is 0.870. The van der Waals surface area contributed by atoms with Crippen molar-refractivity contribution in [2.45, 2.75) is 19.6 Å². The summed E-state index contributed by atoms with van der Waals surface area (Å²) in [5, 5.41) is 3.45. The van der Waals surface area contributed by atoms with Gasteiger partial charge in [0.05, 0.1) is 0 Å². The molecule has 0 unspecified atom stereocenters. The molecule has 2 nitrogen and oxygen atoms in total. The molecule has 2 heteroatoms. The Kier molecular flexibility index (Phi) is 4.17. The molecule has 2 aromatic rings. The molecule has 0 aliphatic heterocycles. The molecule has 2 rings (SSSR count). The Hall–Kier alpha value is -1.80. The van der Waals surface area contributed by atoms with E-state index in [4.69, 9.17) is 0 Å². The normalized spacial score (nSPS) is 10.4. The van der Waals surface area contributed by atoms with Gasteiger partial charge < -0.3 is 9.88 Å². The number of nitrogens with one attached hydrogen (secondary N) is 1.